The molecule has 13 heavy (non-hydrogen) atoms. The lowest BCUT2D eigenvalue weighted by Gasteiger charge is -2.28. The van der Waals surface area contributed by atoms with Crippen molar-refractivity contribution in [2.24, 2.45) is 0 Å². The van der Waals surface area contributed by atoms with Crippen LogP contribution in [-0.4, -0.2) is 38.5 Å². The molecule has 0 heterocycles. The maximum Gasteiger partial charge on any atom is 0.182 e. The Hall–Kier alpha value is -0.0800. The molecular formula is C11H26NO+. The molecule has 0 aliphatic carbocycles. The van der Waals surface area contributed by atoms with Crippen molar-refractivity contribution < 1.29 is 9.22 Å². The van der Waals surface area contributed by atoms with Crippen molar-refractivity contribution >= 4 is 0 Å². The topological polar surface area (TPSA) is 9.23 Å². The summed E-state index contributed by atoms with van der Waals surface area (Å²) in [5, 5.41) is 0. The molecule has 0 bridgehead atoms. The van der Waals surface area contributed by atoms with Crippen molar-refractivity contribution in [1.82, 2.24) is 0 Å². The third-order valence-electron chi connectivity index (χ3n) is 2.16. The summed E-state index contributed by atoms with van der Waals surface area (Å²) in [6.07, 6.45) is 5.01. The second-order valence-electron chi connectivity index (χ2n) is 4.40. The molecule has 0 atom stereocenters. The number of hydrogen-bond acceptors (Lipinski definition) is 1. The molecule has 0 unspecified atom stereocenters. The first-order valence-electron chi connectivity index (χ1n) is 5.52. The SMILES string of the molecule is CCCCCOC[N+](C)(C)CCC. The van der Waals surface area contributed by atoms with Gasteiger partial charge in [0, 0.05) is 0 Å². The normalized spacial score (nSPS) is 12.0. The standard InChI is InChI=1S/C11H26NO/c1-5-7-8-10-13-11-12(3,4)9-6-2/h5-11H2,1-4H3/q+1. The van der Waals surface area contributed by atoms with Crippen LogP contribution in [0.15, 0.2) is 0 Å². The predicted octanol–water partition coefficient (Wildman–Crippen LogP) is 2.64. The van der Waals surface area contributed by atoms with Crippen LogP contribution in [0.4, 0.5) is 0 Å². The lowest BCUT2D eigenvalue weighted by Crippen LogP contribution is -2.42. The number of nitrogens with zero attached hydrogens (tertiary/aromatic N) is 1. The molecule has 0 amide bonds. The van der Waals surface area contributed by atoms with Crippen LogP contribution in [-0.2, 0) is 4.74 Å². The van der Waals surface area contributed by atoms with E-state index in [4.69, 9.17) is 4.74 Å². The van der Waals surface area contributed by atoms with Gasteiger partial charge in [-0.25, -0.2) is 0 Å². The second kappa shape index (κ2) is 7.34. The number of unbranched alkanes of at least 4 members (excludes halogenated alkanes) is 2. The quantitative estimate of drug-likeness (QED) is 0.323. The minimum Gasteiger partial charge on any atom is -0.332 e. The van der Waals surface area contributed by atoms with Gasteiger partial charge in [-0.05, 0) is 12.8 Å². The molecule has 0 aliphatic rings. The Morgan fingerprint density at radius 1 is 1.00 bits per heavy atom. The van der Waals surface area contributed by atoms with E-state index in [0.29, 0.717) is 0 Å². The molecule has 0 saturated carbocycles. The van der Waals surface area contributed by atoms with E-state index in [1.807, 2.05) is 0 Å². The van der Waals surface area contributed by atoms with Gasteiger partial charge in [0.25, 0.3) is 0 Å². The lowest BCUT2D eigenvalue weighted by atomic mass is 10.3. The third kappa shape index (κ3) is 8.26. The van der Waals surface area contributed by atoms with Crippen molar-refractivity contribution in [1.29, 1.82) is 0 Å². The highest BCUT2D eigenvalue weighted by Gasteiger charge is 2.12. The summed E-state index contributed by atoms with van der Waals surface area (Å²) >= 11 is 0. The van der Waals surface area contributed by atoms with Crippen LogP contribution in [0.1, 0.15) is 39.5 Å². The predicted molar refractivity (Wildman–Crippen MR) is 57.6 cm³/mol. The summed E-state index contributed by atoms with van der Waals surface area (Å²) in [7, 11) is 4.45. The Balaban J connectivity index is 3.29. The molecule has 0 aromatic carbocycles. The van der Waals surface area contributed by atoms with E-state index >= 15 is 0 Å². The molecule has 0 aromatic rings. The van der Waals surface area contributed by atoms with Crippen LogP contribution in [0.3, 0.4) is 0 Å². The summed E-state index contributed by atoms with van der Waals surface area (Å²) in [6, 6.07) is 0. The van der Waals surface area contributed by atoms with E-state index in [2.05, 4.69) is 27.9 Å². The van der Waals surface area contributed by atoms with Gasteiger partial charge in [-0.15, -0.1) is 0 Å². The third-order valence-corrected chi connectivity index (χ3v) is 2.16. The van der Waals surface area contributed by atoms with Crippen LogP contribution < -0.4 is 0 Å². The average molecular weight is 188 g/mol. The van der Waals surface area contributed by atoms with Crippen molar-refractivity contribution in [2.45, 2.75) is 39.5 Å². The molecule has 80 valence electrons. The van der Waals surface area contributed by atoms with Crippen molar-refractivity contribution in [3.63, 3.8) is 0 Å². The van der Waals surface area contributed by atoms with Gasteiger partial charge in [0.15, 0.2) is 6.73 Å². The van der Waals surface area contributed by atoms with Crippen molar-refractivity contribution in [3.8, 4) is 0 Å². The van der Waals surface area contributed by atoms with E-state index in [1.54, 1.807) is 0 Å². The molecule has 2 nitrogen and oxygen atoms in total. The van der Waals surface area contributed by atoms with E-state index in [0.717, 1.165) is 17.8 Å². The monoisotopic (exact) mass is 188 g/mol. The fourth-order valence-corrected chi connectivity index (χ4v) is 1.44. The number of quaternary nitrogens is 1. The van der Waals surface area contributed by atoms with E-state index in [9.17, 15) is 0 Å². The van der Waals surface area contributed by atoms with Crippen LogP contribution in [0.5, 0.6) is 0 Å². The molecule has 0 aromatic heterocycles. The highest BCUT2D eigenvalue weighted by atomic mass is 16.5. The fourth-order valence-electron chi connectivity index (χ4n) is 1.44. The Morgan fingerprint density at radius 3 is 2.23 bits per heavy atom. The molecular weight excluding hydrogens is 162 g/mol. The Labute approximate surface area is 83.5 Å². The number of ether oxygens (including phenoxy) is 1. The Kier molecular flexibility index (Phi) is 7.29. The smallest absolute Gasteiger partial charge is 0.182 e. The van der Waals surface area contributed by atoms with Gasteiger partial charge in [0.1, 0.15) is 0 Å². The van der Waals surface area contributed by atoms with Crippen molar-refractivity contribution in [2.75, 3.05) is 34.0 Å². The molecule has 0 saturated heterocycles. The second-order valence-corrected chi connectivity index (χ2v) is 4.40. The maximum absolute atomic E-state index is 5.63. The van der Waals surface area contributed by atoms with Gasteiger partial charge in [-0.2, -0.15) is 0 Å². The summed E-state index contributed by atoms with van der Waals surface area (Å²) in [5.74, 6) is 0. The maximum atomic E-state index is 5.63. The van der Waals surface area contributed by atoms with Gasteiger partial charge in [0.2, 0.25) is 0 Å². The molecule has 0 N–H and O–H groups in total. The van der Waals surface area contributed by atoms with Gasteiger partial charge < -0.3 is 9.22 Å². The molecule has 0 spiro atoms. The van der Waals surface area contributed by atoms with Gasteiger partial charge in [-0.3, -0.25) is 0 Å². The zero-order chi connectivity index (χ0) is 10.2. The summed E-state index contributed by atoms with van der Waals surface area (Å²) in [5.41, 5.74) is 0. The molecule has 0 fully saturated rings. The highest BCUT2D eigenvalue weighted by molar-refractivity contribution is 4.34. The summed E-state index contributed by atoms with van der Waals surface area (Å²) in [6.45, 7) is 7.43. The largest absolute Gasteiger partial charge is 0.332 e. The fraction of sp³-hybridized carbons (Fsp3) is 1.00. The van der Waals surface area contributed by atoms with Gasteiger partial charge in [-0.1, -0.05) is 26.7 Å². The van der Waals surface area contributed by atoms with Gasteiger partial charge in [0.05, 0.1) is 27.2 Å². The lowest BCUT2D eigenvalue weighted by molar-refractivity contribution is -0.909. The Bertz CT molecular complexity index is 113. The zero-order valence-electron chi connectivity index (χ0n) is 9.81. The number of rotatable bonds is 8. The molecule has 2 heteroatoms. The van der Waals surface area contributed by atoms with Crippen LogP contribution >= 0.6 is 0 Å². The zero-order valence-corrected chi connectivity index (χ0v) is 9.81. The van der Waals surface area contributed by atoms with Crippen molar-refractivity contribution in [3.05, 3.63) is 0 Å². The average Bonchev–Trinajstić information content (AvgIpc) is 2.04. The first-order chi connectivity index (χ1) is 6.12. The minimum absolute atomic E-state index is 0.859. The van der Waals surface area contributed by atoms with Crippen LogP contribution in [0, 0.1) is 0 Å². The first-order valence-corrected chi connectivity index (χ1v) is 5.52. The van der Waals surface area contributed by atoms with Gasteiger partial charge >= 0.3 is 0 Å². The first kappa shape index (κ1) is 12.9. The molecule has 0 radical (unpaired) electrons. The Morgan fingerprint density at radius 2 is 1.69 bits per heavy atom. The van der Waals surface area contributed by atoms with E-state index < -0.39 is 0 Å². The minimum atomic E-state index is 0.859. The number of hydrogen-bond donors (Lipinski definition) is 0. The van der Waals surface area contributed by atoms with Crippen LogP contribution in [0.2, 0.25) is 0 Å². The van der Waals surface area contributed by atoms with E-state index in [-0.39, 0.29) is 0 Å². The summed E-state index contributed by atoms with van der Waals surface area (Å²) in [4.78, 5) is 0. The molecule has 0 aliphatic heterocycles. The highest BCUT2D eigenvalue weighted by Crippen LogP contribution is 2.01. The summed E-state index contributed by atoms with van der Waals surface area (Å²) < 4.78 is 6.61. The van der Waals surface area contributed by atoms with Crippen LogP contribution in [0.25, 0.3) is 0 Å². The van der Waals surface area contributed by atoms with E-state index in [1.165, 1.54) is 32.2 Å². The molecule has 0 rings (SSSR count).